The van der Waals surface area contributed by atoms with Crippen molar-refractivity contribution in [2.24, 2.45) is 5.41 Å². The highest BCUT2D eigenvalue weighted by Crippen LogP contribution is 2.69. The van der Waals surface area contributed by atoms with Gasteiger partial charge in [0.15, 0.2) is 0 Å². The third-order valence-electron chi connectivity index (χ3n) is 13.0. The maximum Gasteiger partial charge on any atom is 0.238 e. The Labute approximate surface area is 336 Å². The number of aromatic nitrogens is 1. The zero-order valence-corrected chi connectivity index (χ0v) is 32.9. The predicted molar refractivity (Wildman–Crippen MR) is 213 cm³/mol. The van der Waals surface area contributed by atoms with E-state index in [4.69, 9.17) is 27.9 Å². The van der Waals surface area contributed by atoms with Crippen LogP contribution < -0.4 is 10.6 Å². The number of nitrogens with zero attached hydrogens (tertiary/aromatic N) is 2. The zero-order valence-electron chi connectivity index (χ0n) is 31.4. The molecule has 4 heterocycles. The molecule has 7 atom stereocenters. The van der Waals surface area contributed by atoms with Gasteiger partial charge < -0.3 is 25.6 Å². The fraction of sp³-hybridized carbons (Fsp3) is 0.432. The number of ether oxygens (including phenoxy) is 1. The summed E-state index contributed by atoms with van der Waals surface area (Å²) in [4.78, 5) is 37.9. The van der Waals surface area contributed by atoms with Crippen LogP contribution in [0.5, 0.6) is 0 Å². The number of amides is 2. The molecule has 4 aromatic rings. The molecular formula is C44H47Cl2FN4O5. The number of benzene rings is 3. The summed E-state index contributed by atoms with van der Waals surface area (Å²) in [5.74, 6) is -2.47. The number of halogens is 3. The van der Waals surface area contributed by atoms with Crippen molar-refractivity contribution < 1.29 is 28.9 Å². The number of fused-ring (bicyclic) bond motifs is 3. The van der Waals surface area contributed by atoms with Crippen molar-refractivity contribution in [3.63, 3.8) is 0 Å². The predicted octanol–water partition coefficient (Wildman–Crippen LogP) is 7.66. The van der Waals surface area contributed by atoms with Crippen LogP contribution in [-0.2, 0) is 19.7 Å². The molecule has 12 heteroatoms. The third-order valence-corrected chi connectivity index (χ3v) is 13.5. The molecule has 2 spiro atoms. The molecule has 0 radical (unpaired) electrons. The van der Waals surface area contributed by atoms with Crippen molar-refractivity contribution >= 4 is 40.8 Å². The second-order valence-electron chi connectivity index (χ2n) is 16.6. The van der Waals surface area contributed by atoms with Crippen LogP contribution in [-0.4, -0.2) is 68.9 Å². The summed E-state index contributed by atoms with van der Waals surface area (Å²) in [6.45, 7) is 4.44. The van der Waals surface area contributed by atoms with Crippen LogP contribution in [0, 0.1) is 11.2 Å². The number of carbonyl (C=O) groups is 2. The number of rotatable bonds is 8. The molecule has 0 bridgehead atoms. The van der Waals surface area contributed by atoms with Gasteiger partial charge in [0.05, 0.1) is 48.6 Å². The summed E-state index contributed by atoms with van der Waals surface area (Å²) in [5.41, 5.74) is -0.928. The van der Waals surface area contributed by atoms with E-state index in [0.717, 1.165) is 5.56 Å². The molecule has 4 aliphatic rings. The van der Waals surface area contributed by atoms with Gasteiger partial charge in [0, 0.05) is 17.0 Å². The van der Waals surface area contributed by atoms with E-state index in [9.17, 15) is 10.2 Å². The number of hydrogen-bond acceptors (Lipinski definition) is 7. The van der Waals surface area contributed by atoms with Gasteiger partial charge in [-0.1, -0.05) is 116 Å². The number of aliphatic hydroxyl groups excluding tert-OH is 2. The van der Waals surface area contributed by atoms with Crippen molar-refractivity contribution in [2.45, 2.75) is 99.6 Å². The van der Waals surface area contributed by atoms with Gasteiger partial charge >= 0.3 is 0 Å². The fourth-order valence-corrected chi connectivity index (χ4v) is 10.6. The van der Waals surface area contributed by atoms with Crippen LogP contribution in [0.4, 0.5) is 10.2 Å². The molecule has 56 heavy (non-hydrogen) atoms. The summed E-state index contributed by atoms with van der Waals surface area (Å²) < 4.78 is 23.0. The largest absolute Gasteiger partial charge is 0.394 e. The maximum absolute atomic E-state index is 17.0. The van der Waals surface area contributed by atoms with Gasteiger partial charge in [0.2, 0.25) is 11.8 Å². The van der Waals surface area contributed by atoms with Crippen LogP contribution in [0.25, 0.3) is 0 Å². The second kappa shape index (κ2) is 15.1. The van der Waals surface area contributed by atoms with Crippen LogP contribution in [0.3, 0.4) is 0 Å². The molecule has 2 amide bonds. The lowest BCUT2D eigenvalue weighted by Gasteiger charge is -2.56. The van der Waals surface area contributed by atoms with Crippen molar-refractivity contribution in [1.82, 2.24) is 15.2 Å². The summed E-state index contributed by atoms with van der Waals surface area (Å²) in [7, 11) is 0. The summed E-state index contributed by atoms with van der Waals surface area (Å²) >= 11 is 13.1. The minimum absolute atomic E-state index is 0.114. The molecule has 3 fully saturated rings. The molecule has 9 nitrogen and oxygen atoms in total. The van der Waals surface area contributed by atoms with E-state index in [-0.39, 0.29) is 46.3 Å². The first kappa shape index (κ1) is 38.9. The van der Waals surface area contributed by atoms with Gasteiger partial charge in [0.25, 0.3) is 0 Å². The Bertz CT molecular complexity index is 2090. The number of pyridine rings is 1. The Kier molecular flexibility index (Phi) is 10.5. The topological polar surface area (TPSA) is 124 Å². The third kappa shape index (κ3) is 6.33. The normalized spacial score (nSPS) is 27.8. The van der Waals surface area contributed by atoms with E-state index in [2.05, 4.69) is 34.4 Å². The van der Waals surface area contributed by atoms with Crippen LogP contribution >= 0.6 is 23.2 Å². The van der Waals surface area contributed by atoms with E-state index in [1.54, 1.807) is 24.3 Å². The minimum atomic E-state index is -1.61. The summed E-state index contributed by atoms with van der Waals surface area (Å²) in [6, 6.07) is 24.5. The maximum atomic E-state index is 17.0. The SMILES string of the molecule is CC1(C)CCC2(CC1)N([C@H](c1ccccc1)[C@@H](O)c1ccccc1)[C@@H](C(=O)N[C@@H]1CC[C@@H](CO)OC1)[C@H](c1cccc(Cl)c1F)C21C(=O)Nc2nc(Cl)ccc21. The van der Waals surface area contributed by atoms with E-state index in [1.807, 2.05) is 60.7 Å². The minimum Gasteiger partial charge on any atom is -0.394 e. The molecule has 3 aromatic carbocycles. The van der Waals surface area contributed by atoms with Gasteiger partial charge in [-0.15, -0.1) is 0 Å². The molecule has 8 rings (SSSR count). The fourth-order valence-electron chi connectivity index (χ4n) is 10.3. The van der Waals surface area contributed by atoms with E-state index >= 15 is 14.0 Å². The lowest BCUT2D eigenvalue weighted by Crippen LogP contribution is -2.64. The average molecular weight is 802 g/mol. The molecule has 1 aromatic heterocycles. The molecule has 1 unspecified atom stereocenters. The van der Waals surface area contributed by atoms with Crippen molar-refractivity contribution in [3.8, 4) is 0 Å². The Balaban J connectivity index is 1.46. The van der Waals surface area contributed by atoms with Gasteiger partial charge in [-0.3, -0.25) is 14.5 Å². The van der Waals surface area contributed by atoms with Crippen molar-refractivity contribution in [2.75, 3.05) is 18.5 Å². The first-order valence-corrected chi connectivity index (χ1v) is 20.2. The number of hydrogen-bond donors (Lipinski definition) is 4. The van der Waals surface area contributed by atoms with Crippen LogP contribution in [0.15, 0.2) is 91.0 Å². The Morgan fingerprint density at radius 3 is 2.29 bits per heavy atom. The van der Waals surface area contributed by atoms with Crippen molar-refractivity contribution in [1.29, 1.82) is 0 Å². The highest BCUT2D eigenvalue weighted by molar-refractivity contribution is 6.31. The van der Waals surface area contributed by atoms with Gasteiger partial charge in [0.1, 0.15) is 22.2 Å². The van der Waals surface area contributed by atoms with Crippen LogP contribution in [0.1, 0.15) is 92.7 Å². The average Bonchev–Trinajstić information content (AvgIpc) is 3.63. The number of aliphatic hydroxyl groups is 2. The Morgan fingerprint density at radius 2 is 1.64 bits per heavy atom. The highest BCUT2D eigenvalue weighted by Gasteiger charge is 2.77. The van der Waals surface area contributed by atoms with E-state index in [0.29, 0.717) is 49.7 Å². The standard InChI is InChI=1S/C44H47Cl2FN4O5/c1-42(2)20-22-43(23-21-42)44(31-18-19-33(46)49-39(31)50-41(44)55)34(30-14-9-15-32(45)35(30)47)37(40(54)48-28-16-17-29(24-52)56-25-28)51(43)36(26-10-5-3-6-11-26)38(53)27-12-7-4-8-13-27/h3-15,18-19,28-29,34,36-38,52-53H,16-17,20-25H2,1-2H3,(H,48,54)(H,49,50,55)/t28-,29+,34+,36-,37-,38+,44?/m1/s1. The van der Waals surface area contributed by atoms with Gasteiger partial charge in [-0.05, 0) is 72.8 Å². The molecule has 3 aliphatic heterocycles. The number of anilines is 1. The molecular weight excluding hydrogens is 754 g/mol. The molecule has 294 valence electrons. The molecule has 2 saturated heterocycles. The van der Waals surface area contributed by atoms with Gasteiger partial charge in [-0.25, -0.2) is 9.37 Å². The Hall–Kier alpha value is -3.90. The van der Waals surface area contributed by atoms with E-state index < -0.39 is 58.7 Å². The summed E-state index contributed by atoms with van der Waals surface area (Å²) in [5, 5.41) is 28.9. The van der Waals surface area contributed by atoms with Gasteiger partial charge in [-0.2, -0.15) is 0 Å². The molecule has 1 aliphatic carbocycles. The lowest BCUT2D eigenvalue weighted by molar-refractivity contribution is -0.138. The first-order valence-electron chi connectivity index (χ1n) is 19.4. The quantitative estimate of drug-likeness (QED) is 0.135. The monoisotopic (exact) mass is 800 g/mol. The van der Waals surface area contributed by atoms with Crippen molar-refractivity contribution in [3.05, 3.63) is 129 Å². The zero-order chi connectivity index (χ0) is 39.4. The lowest BCUT2D eigenvalue weighted by atomic mass is 9.53. The smallest absolute Gasteiger partial charge is 0.238 e. The number of likely N-dealkylation sites (tertiary alicyclic amines) is 1. The Morgan fingerprint density at radius 1 is 0.964 bits per heavy atom. The van der Waals surface area contributed by atoms with E-state index in [1.165, 1.54) is 6.07 Å². The first-order chi connectivity index (χ1) is 26.9. The summed E-state index contributed by atoms with van der Waals surface area (Å²) in [6.07, 6.45) is 1.79. The molecule has 4 N–H and O–H groups in total. The van der Waals surface area contributed by atoms with Crippen LogP contribution in [0.2, 0.25) is 10.2 Å². The second-order valence-corrected chi connectivity index (χ2v) is 17.4. The number of nitrogens with one attached hydrogen (secondary N) is 2. The molecule has 1 saturated carbocycles. The number of carbonyl (C=O) groups excluding carboxylic acids is 2. The highest BCUT2D eigenvalue weighted by atomic mass is 35.5.